The van der Waals surface area contributed by atoms with Crippen LogP contribution in [0.4, 0.5) is 10.5 Å². The molecule has 0 aliphatic carbocycles. The fraction of sp³-hybridized carbons (Fsp3) is 0.312. The van der Waals surface area contributed by atoms with Crippen molar-refractivity contribution in [1.29, 1.82) is 0 Å². The van der Waals surface area contributed by atoms with Crippen LogP contribution in [-0.2, 0) is 6.54 Å². The molecule has 2 rings (SSSR count). The van der Waals surface area contributed by atoms with E-state index in [1.807, 2.05) is 32.0 Å². The number of hydrogen-bond donors (Lipinski definition) is 2. The Morgan fingerprint density at radius 3 is 2.55 bits per heavy atom. The lowest BCUT2D eigenvalue weighted by Gasteiger charge is -2.10. The predicted molar refractivity (Wildman–Crippen MR) is 86.2 cm³/mol. The average Bonchev–Trinajstić information content (AvgIpc) is 2.42. The van der Waals surface area contributed by atoms with Crippen LogP contribution in [-0.4, -0.2) is 22.1 Å². The number of urea groups is 1. The first-order valence-electron chi connectivity index (χ1n) is 7.10. The van der Waals surface area contributed by atoms with Crippen molar-refractivity contribution < 1.29 is 4.79 Å². The van der Waals surface area contributed by atoms with Crippen molar-refractivity contribution in [3.05, 3.63) is 57.8 Å². The Morgan fingerprint density at radius 1 is 1.18 bits per heavy atom. The molecule has 6 nitrogen and oxygen atoms in total. The van der Waals surface area contributed by atoms with E-state index < -0.39 is 0 Å². The minimum atomic E-state index is -0.293. The molecule has 2 amide bonds. The summed E-state index contributed by atoms with van der Waals surface area (Å²) < 4.78 is 1.48. The number of hydrogen-bond acceptors (Lipinski definition) is 3. The molecule has 0 saturated carbocycles. The van der Waals surface area contributed by atoms with Crippen LogP contribution in [0.15, 0.2) is 35.5 Å². The fourth-order valence-corrected chi connectivity index (χ4v) is 2.23. The van der Waals surface area contributed by atoms with Gasteiger partial charge in [-0.15, -0.1) is 0 Å². The highest BCUT2D eigenvalue weighted by molar-refractivity contribution is 5.89. The monoisotopic (exact) mass is 300 g/mol. The Morgan fingerprint density at radius 2 is 1.86 bits per heavy atom. The molecule has 1 aromatic heterocycles. The number of amides is 2. The van der Waals surface area contributed by atoms with E-state index in [1.54, 1.807) is 6.92 Å². The molecule has 0 radical (unpaired) electrons. The maximum Gasteiger partial charge on any atom is 0.319 e. The Hall–Kier alpha value is -2.63. The summed E-state index contributed by atoms with van der Waals surface area (Å²) in [5.41, 5.74) is 3.43. The van der Waals surface area contributed by atoms with Crippen LogP contribution in [0.1, 0.15) is 16.7 Å². The van der Waals surface area contributed by atoms with Gasteiger partial charge in [-0.2, -0.15) is 0 Å². The molecule has 0 atom stereocenters. The van der Waals surface area contributed by atoms with Crippen molar-refractivity contribution in [3.8, 4) is 0 Å². The molecule has 6 heteroatoms. The van der Waals surface area contributed by atoms with Crippen LogP contribution in [0.2, 0.25) is 0 Å². The summed E-state index contributed by atoms with van der Waals surface area (Å²) in [6.45, 7) is 6.40. The minimum Gasteiger partial charge on any atom is -0.336 e. The van der Waals surface area contributed by atoms with Crippen LogP contribution in [0, 0.1) is 20.8 Å². The topological polar surface area (TPSA) is 76.0 Å². The van der Waals surface area contributed by atoms with Crippen molar-refractivity contribution in [2.45, 2.75) is 27.3 Å². The summed E-state index contributed by atoms with van der Waals surface area (Å²) >= 11 is 0. The van der Waals surface area contributed by atoms with E-state index in [0.29, 0.717) is 18.7 Å². The maximum absolute atomic E-state index is 11.9. The molecule has 2 N–H and O–H groups in total. The van der Waals surface area contributed by atoms with Gasteiger partial charge < -0.3 is 10.6 Å². The van der Waals surface area contributed by atoms with Crippen molar-refractivity contribution in [1.82, 2.24) is 14.9 Å². The largest absolute Gasteiger partial charge is 0.336 e. The molecule has 1 aromatic carbocycles. The van der Waals surface area contributed by atoms with Gasteiger partial charge in [0.15, 0.2) is 0 Å². The molecule has 0 saturated heterocycles. The van der Waals surface area contributed by atoms with Gasteiger partial charge in [0.25, 0.3) is 5.56 Å². The van der Waals surface area contributed by atoms with Gasteiger partial charge in [0, 0.05) is 30.5 Å². The molecule has 116 valence electrons. The van der Waals surface area contributed by atoms with Crippen LogP contribution in [0.25, 0.3) is 0 Å². The number of nitrogens with one attached hydrogen (secondary N) is 2. The standard InChI is InChI=1S/C16H20N4O2/c1-11-6-12(2)8-14(7-11)19-16(22)18-4-5-20-10-17-9-13(3)15(20)21/h6-10H,4-5H2,1-3H3,(H2,18,19,22). The number of rotatable bonds is 4. The number of nitrogens with zero attached hydrogens (tertiary/aromatic N) is 2. The first-order valence-corrected chi connectivity index (χ1v) is 7.10. The second-order valence-electron chi connectivity index (χ2n) is 5.33. The van der Waals surface area contributed by atoms with Crippen molar-refractivity contribution in [3.63, 3.8) is 0 Å². The SMILES string of the molecule is Cc1cc(C)cc(NC(=O)NCCn2cncc(C)c2=O)c1. The molecule has 0 spiro atoms. The zero-order valence-corrected chi connectivity index (χ0v) is 13.0. The number of aryl methyl sites for hydroxylation is 3. The highest BCUT2D eigenvalue weighted by atomic mass is 16.2. The molecule has 0 fully saturated rings. The number of aromatic nitrogens is 2. The molecular weight excluding hydrogens is 280 g/mol. The minimum absolute atomic E-state index is 0.0912. The lowest BCUT2D eigenvalue weighted by Crippen LogP contribution is -2.34. The van der Waals surface area contributed by atoms with E-state index in [0.717, 1.165) is 16.8 Å². The summed E-state index contributed by atoms with van der Waals surface area (Å²) in [6, 6.07) is 5.56. The Balaban J connectivity index is 1.88. The number of anilines is 1. The first kappa shape index (κ1) is 15.8. The number of carbonyl (C=O) groups excluding carboxylic acids is 1. The van der Waals surface area contributed by atoms with E-state index in [2.05, 4.69) is 15.6 Å². The van der Waals surface area contributed by atoms with Crippen molar-refractivity contribution in [2.24, 2.45) is 0 Å². The molecule has 0 aliphatic heterocycles. The third-order valence-electron chi connectivity index (χ3n) is 3.19. The smallest absolute Gasteiger partial charge is 0.319 e. The molecule has 0 aliphatic rings. The quantitative estimate of drug-likeness (QED) is 0.906. The fourth-order valence-electron chi connectivity index (χ4n) is 2.23. The summed E-state index contributed by atoms with van der Waals surface area (Å²) in [5, 5.41) is 5.51. The predicted octanol–water partition coefficient (Wildman–Crippen LogP) is 1.99. The molecule has 0 unspecified atom stereocenters. The molecule has 2 aromatic rings. The summed E-state index contributed by atoms with van der Waals surface area (Å²) in [7, 11) is 0. The van der Waals surface area contributed by atoms with Gasteiger partial charge in [0.1, 0.15) is 0 Å². The lowest BCUT2D eigenvalue weighted by molar-refractivity contribution is 0.251. The Labute approximate surface area is 129 Å². The van der Waals surface area contributed by atoms with Crippen LogP contribution in [0.3, 0.4) is 0 Å². The van der Waals surface area contributed by atoms with Crippen molar-refractivity contribution >= 4 is 11.7 Å². The van der Waals surface area contributed by atoms with Gasteiger partial charge in [-0.3, -0.25) is 9.36 Å². The zero-order chi connectivity index (χ0) is 16.1. The molecule has 0 bridgehead atoms. The van der Waals surface area contributed by atoms with Gasteiger partial charge >= 0.3 is 6.03 Å². The second kappa shape index (κ2) is 6.89. The second-order valence-corrected chi connectivity index (χ2v) is 5.33. The third kappa shape index (κ3) is 4.18. The van der Waals surface area contributed by atoms with Gasteiger partial charge in [0.2, 0.25) is 0 Å². The molecule has 22 heavy (non-hydrogen) atoms. The highest BCUT2D eigenvalue weighted by Gasteiger charge is 2.04. The van der Waals surface area contributed by atoms with E-state index in [4.69, 9.17) is 0 Å². The van der Waals surface area contributed by atoms with Gasteiger partial charge in [-0.1, -0.05) is 6.07 Å². The molecule has 1 heterocycles. The summed E-state index contributed by atoms with van der Waals surface area (Å²) in [5.74, 6) is 0. The van der Waals surface area contributed by atoms with Crippen LogP contribution < -0.4 is 16.2 Å². The lowest BCUT2D eigenvalue weighted by atomic mass is 10.1. The summed E-state index contributed by atoms with van der Waals surface area (Å²) in [4.78, 5) is 27.6. The van der Waals surface area contributed by atoms with E-state index in [9.17, 15) is 9.59 Å². The van der Waals surface area contributed by atoms with Gasteiger partial charge in [-0.05, 0) is 44.0 Å². The number of benzene rings is 1. The summed E-state index contributed by atoms with van der Waals surface area (Å²) in [6.07, 6.45) is 3.00. The molecular formula is C16H20N4O2. The third-order valence-corrected chi connectivity index (χ3v) is 3.19. The van der Waals surface area contributed by atoms with E-state index in [-0.39, 0.29) is 11.6 Å². The van der Waals surface area contributed by atoms with Crippen LogP contribution in [0.5, 0.6) is 0 Å². The van der Waals surface area contributed by atoms with Crippen LogP contribution >= 0.6 is 0 Å². The number of carbonyl (C=O) groups is 1. The Kier molecular flexibility index (Phi) is 4.93. The zero-order valence-electron chi connectivity index (χ0n) is 13.0. The van der Waals surface area contributed by atoms with E-state index >= 15 is 0 Å². The average molecular weight is 300 g/mol. The van der Waals surface area contributed by atoms with Gasteiger partial charge in [-0.25, -0.2) is 9.78 Å². The first-order chi connectivity index (χ1) is 10.5. The maximum atomic E-state index is 11.9. The normalized spacial score (nSPS) is 10.3. The Bertz CT molecular complexity index is 717. The highest BCUT2D eigenvalue weighted by Crippen LogP contribution is 2.13. The van der Waals surface area contributed by atoms with Gasteiger partial charge in [0.05, 0.1) is 6.33 Å². The van der Waals surface area contributed by atoms with E-state index in [1.165, 1.54) is 17.1 Å². The van der Waals surface area contributed by atoms with Crippen molar-refractivity contribution in [2.75, 3.05) is 11.9 Å².